The van der Waals surface area contributed by atoms with Gasteiger partial charge < -0.3 is 10.6 Å². The number of alkyl halides is 3. The molecule has 0 atom stereocenters. The molecule has 2 N–H and O–H groups in total. The van der Waals surface area contributed by atoms with Gasteiger partial charge in [-0.2, -0.15) is 13.2 Å². The summed E-state index contributed by atoms with van der Waals surface area (Å²) in [5, 5.41) is 5.54. The van der Waals surface area contributed by atoms with E-state index in [9.17, 15) is 18.0 Å². The van der Waals surface area contributed by atoms with E-state index in [2.05, 4.69) is 15.6 Å². The minimum absolute atomic E-state index is 0.128. The summed E-state index contributed by atoms with van der Waals surface area (Å²) in [5.41, 5.74) is 0. The number of aromatic nitrogens is 1. The van der Waals surface area contributed by atoms with Crippen LogP contribution in [0.4, 0.5) is 18.3 Å². The van der Waals surface area contributed by atoms with Gasteiger partial charge in [-0.05, 0) is 6.42 Å². The lowest BCUT2D eigenvalue weighted by Gasteiger charge is -2.04. The maximum Gasteiger partial charge on any atom is 0.427 e. The average molecular weight is 281 g/mol. The fourth-order valence-electron chi connectivity index (χ4n) is 1.12. The summed E-state index contributed by atoms with van der Waals surface area (Å²) in [6, 6.07) is 0. The van der Waals surface area contributed by atoms with E-state index in [-0.39, 0.29) is 24.0 Å². The minimum atomic E-state index is -4.36. The van der Waals surface area contributed by atoms with Crippen molar-refractivity contribution in [2.24, 2.45) is 0 Å². The molecule has 18 heavy (non-hydrogen) atoms. The van der Waals surface area contributed by atoms with Crippen LogP contribution in [0.1, 0.15) is 24.6 Å². The van der Waals surface area contributed by atoms with Crippen molar-refractivity contribution in [1.82, 2.24) is 10.3 Å². The second kappa shape index (κ2) is 6.58. The Hall–Kier alpha value is -1.31. The first-order valence-electron chi connectivity index (χ1n) is 5.47. The number of hydrogen-bond donors (Lipinski definition) is 2. The first-order valence-corrected chi connectivity index (χ1v) is 6.28. The van der Waals surface area contributed by atoms with Gasteiger partial charge in [-0.25, -0.2) is 4.98 Å². The summed E-state index contributed by atoms with van der Waals surface area (Å²) in [6.07, 6.45) is -2.53. The molecular weight excluding hydrogens is 267 g/mol. The fraction of sp³-hybridized carbons (Fsp3) is 0.600. The van der Waals surface area contributed by atoms with Crippen molar-refractivity contribution in [3.05, 3.63) is 11.1 Å². The zero-order valence-electron chi connectivity index (χ0n) is 9.80. The Balaban J connectivity index is 2.32. The van der Waals surface area contributed by atoms with E-state index in [1.807, 2.05) is 6.92 Å². The molecule has 0 aromatic carbocycles. The highest BCUT2D eigenvalue weighted by molar-refractivity contribution is 7.15. The zero-order valence-corrected chi connectivity index (χ0v) is 10.6. The Bertz CT molecular complexity index is 392. The van der Waals surface area contributed by atoms with Crippen LogP contribution < -0.4 is 10.6 Å². The van der Waals surface area contributed by atoms with Crippen LogP contribution >= 0.6 is 11.3 Å². The van der Waals surface area contributed by atoms with E-state index in [0.29, 0.717) is 17.9 Å². The van der Waals surface area contributed by atoms with Crippen LogP contribution in [-0.2, 0) is 11.0 Å². The quantitative estimate of drug-likeness (QED) is 0.842. The van der Waals surface area contributed by atoms with Gasteiger partial charge in [0.15, 0.2) is 5.13 Å². The Labute approximate surface area is 107 Å². The first kappa shape index (κ1) is 14.7. The summed E-state index contributed by atoms with van der Waals surface area (Å²) in [6.45, 7) is 2.81. The lowest BCUT2D eigenvalue weighted by molar-refractivity contribution is -0.134. The molecule has 0 saturated heterocycles. The molecule has 8 heteroatoms. The Morgan fingerprint density at radius 1 is 1.44 bits per heavy atom. The number of anilines is 1. The van der Waals surface area contributed by atoms with Gasteiger partial charge in [0, 0.05) is 19.5 Å². The highest BCUT2D eigenvalue weighted by atomic mass is 32.1. The van der Waals surface area contributed by atoms with Crippen molar-refractivity contribution < 1.29 is 18.0 Å². The molecule has 0 aliphatic carbocycles. The van der Waals surface area contributed by atoms with Gasteiger partial charge in [-0.15, -0.1) is 0 Å². The normalized spacial score (nSPS) is 11.3. The summed E-state index contributed by atoms with van der Waals surface area (Å²) in [4.78, 5) is 14.1. The number of nitrogens with zero attached hydrogens (tertiary/aromatic N) is 1. The summed E-state index contributed by atoms with van der Waals surface area (Å²) >= 11 is 0.530. The third kappa shape index (κ3) is 4.91. The number of amides is 1. The summed E-state index contributed by atoms with van der Waals surface area (Å²) < 4.78 is 36.8. The molecule has 4 nitrogen and oxygen atoms in total. The highest BCUT2D eigenvalue weighted by Crippen LogP contribution is 2.34. The van der Waals surface area contributed by atoms with Gasteiger partial charge in [0.1, 0.15) is 4.88 Å². The third-order valence-corrected chi connectivity index (χ3v) is 2.99. The van der Waals surface area contributed by atoms with E-state index in [0.717, 1.165) is 12.6 Å². The van der Waals surface area contributed by atoms with Crippen LogP contribution in [0, 0.1) is 0 Å². The van der Waals surface area contributed by atoms with Gasteiger partial charge in [-0.1, -0.05) is 18.3 Å². The molecule has 0 bridgehead atoms. The monoisotopic (exact) mass is 281 g/mol. The van der Waals surface area contributed by atoms with Gasteiger partial charge in [-0.3, -0.25) is 4.79 Å². The highest BCUT2D eigenvalue weighted by Gasteiger charge is 2.33. The van der Waals surface area contributed by atoms with Crippen LogP contribution in [0.25, 0.3) is 0 Å². The van der Waals surface area contributed by atoms with Crippen molar-refractivity contribution in [2.45, 2.75) is 25.9 Å². The van der Waals surface area contributed by atoms with Crippen molar-refractivity contribution >= 4 is 22.4 Å². The van der Waals surface area contributed by atoms with Crippen molar-refractivity contribution in [3.63, 3.8) is 0 Å². The van der Waals surface area contributed by atoms with Crippen molar-refractivity contribution in [2.75, 3.05) is 18.4 Å². The molecule has 1 heterocycles. The Morgan fingerprint density at radius 2 is 2.17 bits per heavy atom. The predicted molar refractivity (Wildman–Crippen MR) is 63.5 cm³/mol. The molecule has 1 aromatic rings. The second-order valence-corrected chi connectivity index (χ2v) is 4.58. The molecule has 1 amide bonds. The molecule has 0 aliphatic rings. The molecule has 0 saturated carbocycles. The SMILES string of the molecule is CCCNC(=O)CCNc1ncc(C(F)(F)F)s1. The molecule has 0 unspecified atom stereocenters. The van der Waals surface area contributed by atoms with Gasteiger partial charge in [0.25, 0.3) is 0 Å². The van der Waals surface area contributed by atoms with Crippen LogP contribution in [-0.4, -0.2) is 24.0 Å². The lowest BCUT2D eigenvalue weighted by atomic mass is 10.4. The Kier molecular flexibility index (Phi) is 5.39. The van der Waals surface area contributed by atoms with E-state index in [4.69, 9.17) is 0 Å². The average Bonchev–Trinajstić information content (AvgIpc) is 2.74. The van der Waals surface area contributed by atoms with E-state index in [1.54, 1.807) is 0 Å². The molecule has 1 rings (SSSR count). The Morgan fingerprint density at radius 3 is 2.72 bits per heavy atom. The largest absolute Gasteiger partial charge is 0.427 e. The fourth-order valence-corrected chi connectivity index (χ4v) is 1.83. The maximum absolute atomic E-state index is 12.3. The van der Waals surface area contributed by atoms with Gasteiger partial charge in [0.05, 0.1) is 6.20 Å². The molecule has 1 aromatic heterocycles. The van der Waals surface area contributed by atoms with Crippen LogP contribution in [0.5, 0.6) is 0 Å². The number of rotatable bonds is 6. The number of hydrogen-bond acceptors (Lipinski definition) is 4. The minimum Gasteiger partial charge on any atom is -0.361 e. The zero-order chi connectivity index (χ0) is 13.6. The third-order valence-electron chi connectivity index (χ3n) is 1.99. The smallest absolute Gasteiger partial charge is 0.361 e. The van der Waals surface area contributed by atoms with Gasteiger partial charge >= 0.3 is 6.18 Å². The van der Waals surface area contributed by atoms with Crippen LogP contribution in [0.2, 0.25) is 0 Å². The predicted octanol–water partition coefficient (Wildman–Crippen LogP) is 2.49. The van der Waals surface area contributed by atoms with Crippen LogP contribution in [0.3, 0.4) is 0 Å². The van der Waals surface area contributed by atoms with Crippen molar-refractivity contribution in [1.29, 1.82) is 0 Å². The topological polar surface area (TPSA) is 54.0 Å². The van der Waals surface area contributed by atoms with Gasteiger partial charge in [0.2, 0.25) is 5.91 Å². The molecule has 0 aliphatic heterocycles. The molecule has 0 spiro atoms. The van der Waals surface area contributed by atoms with E-state index >= 15 is 0 Å². The number of carbonyl (C=O) groups is 1. The van der Waals surface area contributed by atoms with Crippen LogP contribution in [0.15, 0.2) is 6.20 Å². The number of carbonyl (C=O) groups excluding carboxylic acids is 1. The standard InChI is InChI=1S/C10H14F3N3OS/c1-2-4-14-8(17)3-5-15-9-16-6-7(18-9)10(11,12)13/h6H,2-5H2,1H3,(H,14,17)(H,15,16). The molecular formula is C10H14F3N3OS. The maximum atomic E-state index is 12.3. The molecule has 0 radical (unpaired) electrons. The first-order chi connectivity index (χ1) is 8.43. The van der Waals surface area contributed by atoms with Crippen molar-refractivity contribution in [3.8, 4) is 0 Å². The summed E-state index contributed by atoms with van der Waals surface area (Å²) in [7, 11) is 0. The van der Waals surface area contributed by atoms with E-state index in [1.165, 1.54) is 0 Å². The number of thiazole rings is 1. The number of nitrogens with one attached hydrogen (secondary N) is 2. The summed E-state index contributed by atoms with van der Waals surface area (Å²) in [5.74, 6) is -0.128. The molecule has 0 fully saturated rings. The molecule has 102 valence electrons. The second-order valence-electron chi connectivity index (χ2n) is 3.55. The lowest BCUT2D eigenvalue weighted by Crippen LogP contribution is -2.25. The van der Waals surface area contributed by atoms with E-state index < -0.39 is 11.1 Å². The number of halogens is 3.